The van der Waals surface area contributed by atoms with Crippen LogP contribution in [0.2, 0.25) is 0 Å². The Labute approximate surface area is 178 Å². The molecule has 0 saturated heterocycles. The Morgan fingerprint density at radius 1 is 1.03 bits per heavy atom. The quantitative estimate of drug-likeness (QED) is 0.375. The van der Waals surface area contributed by atoms with Gasteiger partial charge in [-0.1, -0.05) is 29.8 Å². The van der Waals surface area contributed by atoms with Crippen LogP contribution in [0.1, 0.15) is 27.0 Å². The molecule has 3 aromatic carbocycles. The summed E-state index contributed by atoms with van der Waals surface area (Å²) in [7, 11) is 0. The summed E-state index contributed by atoms with van der Waals surface area (Å²) in [4.78, 5) is 24.6. The average molecular weight is 412 g/mol. The molecule has 6 nitrogen and oxygen atoms in total. The van der Waals surface area contributed by atoms with Gasteiger partial charge in [-0.15, -0.1) is 0 Å². The minimum Gasteiger partial charge on any atom is -0.489 e. The summed E-state index contributed by atoms with van der Waals surface area (Å²) in [5, 5.41) is 4.52. The van der Waals surface area contributed by atoms with Gasteiger partial charge < -0.3 is 9.15 Å². The van der Waals surface area contributed by atoms with Crippen molar-refractivity contribution in [1.82, 2.24) is 5.43 Å². The lowest BCUT2D eigenvalue weighted by molar-refractivity contribution is 0.0955. The fourth-order valence-electron chi connectivity index (χ4n) is 2.96. The van der Waals surface area contributed by atoms with E-state index in [1.165, 1.54) is 6.26 Å². The molecule has 0 aliphatic rings. The summed E-state index contributed by atoms with van der Waals surface area (Å²) in [6.45, 7) is 2.07. The summed E-state index contributed by atoms with van der Waals surface area (Å²) in [6, 6.07) is 21.5. The topological polar surface area (TPSA) is 80.9 Å². The summed E-state index contributed by atoms with van der Waals surface area (Å²) >= 11 is 0. The lowest BCUT2D eigenvalue weighted by atomic mass is 10.1. The summed E-state index contributed by atoms with van der Waals surface area (Å²) in [5.41, 5.74) is 5.83. The molecule has 1 heterocycles. The van der Waals surface area contributed by atoms with Crippen molar-refractivity contribution in [2.75, 3.05) is 0 Å². The van der Waals surface area contributed by atoms with Gasteiger partial charge in [-0.3, -0.25) is 9.59 Å². The first-order valence-electron chi connectivity index (χ1n) is 9.72. The molecule has 0 aliphatic carbocycles. The zero-order valence-electron chi connectivity index (χ0n) is 16.9. The first-order valence-corrected chi connectivity index (χ1v) is 9.72. The van der Waals surface area contributed by atoms with Crippen molar-refractivity contribution < 1.29 is 13.9 Å². The second-order valence-corrected chi connectivity index (χ2v) is 7.01. The first-order chi connectivity index (χ1) is 15.1. The van der Waals surface area contributed by atoms with Gasteiger partial charge in [-0.25, -0.2) is 5.43 Å². The highest BCUT2D eigenvalue weighted by atomic mass is 16.5. The Bertz CT molecular complexity index is 1290. The van der Waals surface area contributed by atoms with Crippen LogP contribution in [0.3, 0.4) is 0 Å². The fraction of sp³-hybridized carbons (Fsp3) is 0.0800. The number of ether oxygens (including phenoxy) is 1. The summed E-state index contributed by atoms with van der Waals surface area (Å²) in [6.07, 6.45) is 2.98. The summed E-state index contributed by atoms with van der Waals surface area (Å²) in [5.74, 6) is 0.332. The number of hydrazone groups is 1. The molecular formula is C25H20N2O4. The number of hydrogen-bond acceptors (Lipinski definition) is 5. The van der Waals surface area contributed by atoms with E-state index in [1.54, 1.807) is 60.8 Å². The minimum absolute atomic E-state index is 0.102. The molecule has 1 aromatic heterocycles. The van der Waals surface area contributed by atoms with Crippen LogP contribution in [0.15, 0.2) is 93.4 Å². The minimum atomic E-state index is -0.273. The van der Waals surface area contributed by atoms with E-state index in [2.05, 4.69) is 10.5 Å². The van der Waals surface area contributed by atoms with Crippen molar-refractivity contribution in [3.05, 3.63) is 112 Å². The third-order valence-electron chi connectivity index (χ3n) is 4.72. The molecule has 0 radical (unpaired) electrons. The molecule has 0 saturated carbocycles. The lowest BCUT2D eigenvalue weighted by Gasteiger charge is -2.06. The smallest absolute Gasteiger partial charge is 0.271 e. The van der Waals surface area contributed by atoms with Crippen LogP contribution in [0.5, 0.6) is 5.75 Å². The molecule has 154 valence electrons. The van der Waals surface area contributed by atoms with Crippen molar-refractivity contribution in [2.24, 2.45) is 5.10 Å². The third-order valence-corrected chi connectivity index (χ3v) is 4.72. The van der Waals surface area contributed by atoms with E-state index >= 15 is 0 Å². The van der Waals surface area contributed by atoms with Crippen molar-refractivity contribution in [1.29, 1.82) is 0 Å². The lowest BCUT2D eigenvalue weighted by Crippen LogP contribution is -2.17. The van der Waals surface area contributed by atoms with E-state index in [4.69, 9.17) is 9.15 Å². The van der Waals surface area contributed by atoms with Crippen molar-refractivity contribution >= 4 is 23.1 Å². The molecule has 1 N–H and O–H groups in total. The van der Waals surface area contributed by atoms with Gasteiger partial charge in [0.05, 0.1) is 17.2 Å². The molecule has 31 heavy (non-hydrogen) atoms. The monoisotopic (exact) mass is 412 g/mol. The number of benzene rings is 3. The molecule has 4 aromatic rings. The molecule has 1 amide bonds. The highest BCUT2D eigenvalue weighted by Gasteiger charge is 2.07. The Morgan fingerprint density at radius 2 is 1.77 bits per heavy atom. The number of nitrogens with zero attached hydrogens (tertiary/aromatic N) is 1. The predicted molar refractivity (Wildman–Crippen MR) is 119 cm³/mol. The normalized spacial score (nSPS) is 11.0. The second kappa shape index (κ2) is 9.09. The highest BCUT2D eigenvalue weighted by Crippen LogP contribution is 2.15. The van der Waals surface area contributed by atoms with Crippen LogP contribution in [0.25, 0.3) is 11.0 Å². The molecule has 4 rings (SSSR count). The number of hydrogen-bond donors (Lipinski definition) is 1. The van der Waals surface area contributed by atoms with E-state index < -0.39 is 0 Å². The Kier molecular flexibility index (Phi) is 5.89. The number of fused-ring (bicyclic) bond motifs is 1. The Balaban J connectivity index is 1.34. The SMILES string of the molecule is Cc1ccc(C(=O)N/N=C/c2ccc(OCc3coc4ccccc4c3=O)cc2)cc1. The van der Waals surface area contributed by atoms with Gasteiger partial charge in [-0.05, 0) is 61.0 Å². The van der Waals surface area contributed by atoms with Gasteiger partial charge in [0, 0.05) is 5.56 Å². The van der Waals surface area contributed by atoms with Crippen LogP contribution in [-0.4, -0.2) is 12.1 Å². The molecule has 6 heteroatoms. The standard InChI is InChI=1S/C25H20N2O4/c1-17-6-10-19(11-7-17)25(29)27-26-14-18-8-12-21(13-9-18)30-15-20-16-31-23-5-3-2-4-22(23)24(20)28/h2-14,16H,15H2,1H3,(H,27,29)/b26-14+. The molecular weight excluding hydrogens is 392 g/mol. The van der Waals surface area contributed by atoms with Gasteiger partial charge in [-0.2, -0.15) is 5.10 Å². The van der Waals surface area contributed by atoms with E-state index in [1.807, 2.05) is 25.1 Å². The Morgan fingerprint density at radius 3 is 2.55 bits per heavy atom. The van der Waals surface area contributed by atoms with E-state index in [-0.39, 0.29) is 17.9 Å². The van der Waals surface area contributed by atoms with Crippen molar-refractivity contribution in [3.63, 3.8) is 0 Å². The average Bonchev–Trinajstić information content (AvgIpc) is 2.80. The number of para-hydroxylation sites is 1. The largest absolute Gasteiger partial charge is 0.489 e. The van der Waals surface area contributed by atoms with E-state index in [9.17, 15) is 9.59 Å². The van der Waals surface area contributed by atoms with Crippen molar-refractivity contribution in [3.8, 4) is 5.75 Å². The summed E-state index contributed by atoms with van der Waals surface area (Å²) < 4.78 is 11.2. The number of amides is 1. The van der Waals surface area contributed by atoms with Gasteiger partial charge >= 0.3 is 0 Å². The van der Waals surface area contributed by atoms with Gasteiger partial charge in [0.25, 0.3) is 5.91 Å². The highest BCUT2D eigenvalue weighted by molar-refractivity contribution is 5.94. The number of aryl methyl sites for hydroxylation is 1. The van der Waals surface area contributed by atoms with Crippen LogP contribution in [0.4, 0.5) is 0 Å². The molecule has 0 atom stereocenters. The first kappa shape index (κ1) is 20.1. The zero-order chi connectivity index (χ0) is 21.6. The van der Waals surface area contributed by atoms with Crippen LogP contribution in [-0.2, 0) is 6.61 Å². The maximum atomic E-state index is 12.5. The van der Waals surface area contributed by atoms with Gasteiger partial charge in [0.15, 0.2) is 5.43 Å². The van der Waals surface area contributed by atoms with Crippen LogP contribution in [0, 0.1) is 6.92 Å². The van der Waals surface area contributed by atoms with Crippen LogP contribution < -0.4 is 15.6 Å². The van der Waals surface area contributed by atoms with E-state index in [0.717, 1.165) is 11.1 Å². The third kappa shape index (κ3) is 4.87. The molecule has 0 fully saturated rings. The number of rotatable bonds is 6. The predicted octanol–water partition coefficient (Wildman–Crippen LogP) is 4.44. The number of carbonyl (C=O) groups excluding carboxylic acids is 1. The molecule has 0 unspecified atom stereocenters. The molecule has 0 spiro atoms. The Hall–Kier alpha value is -4.19. The fourth-order valence-corrected chi connectivity index (χ4v) is 2.96. The maximum Gasteiger partial charge on any atom is 0.271 e. The second-order valence-electron chi connectivity index (χ2n) is 7.01. The van der Waals surface area contributed by atoms with E-state index in [0.29, 0.717) is 27.8 Å². The molecule has 0 bridgehead atoms. The van der Waals surface area contributed by atoms with Crippen molar-refractivity contribution in [2.45, 2.75) is 13.5 Å². The maximum absolute atomic E-state index is 12.5. The number of carbonyl (C=O) groups is 1. The van der Waals surface area contributed by atoms with Crippen LogP contribution >= 0.6 is 0 Å². The zero-order valence-corrected chi connectivity index (χ0v) is 16.9. The van der Waals surface area contributed by atoms with Gasteiger partial charge in [0.2, 0.25) is 0 Å². The van der Waals surface area contributed by atoms with Gasteiger partial charge in [0.1, 0.15) is 24.2 Å². The molecule has 0 aliphatic heterocycles. The number of nitrogens with one attached hydrogen (secondary N) is 1.